The highest BCUT2D eigenvalue weighted by Gasteiger charge is 2.82. The Bertz CT molecular complexity index is 1060. The summed E-state index contributed by atoms with van der Waals surface area (Å²) < 4.78 is 33.6. The minimum absolute atomic E-state index is 0.0487. The summed E-state index contributed by atoms with van der Waals surface area (Å²) in [6.07, 6.45) is -10.4. The van der Waals surface area contributed by atoms with Gasteiger partial charge in [-0.2, -0.15) is 0 Å². The van der Waals surface area contributed by atoms with Crippen molar-refractivity contribution in [3.63, 3.8) is 0 Å². The van der Waals surface area contributed by atoms with Crippen molar-refractivity contribution < 1.29 is 63.2 Å². The first kappa shape index (κ1) is 24.9. The molecule has 0 bridgehead atoms. The fourth-order valence-electron chi connectivity index (χ4n) is 5.43. The van der Waals surface area contributed by atoms with E-state index in [4.69, 9.17) is 28.4 Å². The average Bonchev–Trinajstić information content (AvgIpc) is 3.41. The van der Waals surface area contributed by atoms with Crippen molar-refractivity contribution >= 4 is 17.9 Å². The number of aliphatic hydroxyl groups is 3. The summed E-state index contributed by atoms with van der Waals surface area (Å²) in [5, 5.41) is 41.6. The third kappa shape index (κ3) is 3.49. The normalized spacial score (nSPS) is 43.8. The topological polar surface area (TPSA) is 188 Å². The van der Waals surface area contributed by atoms with Crippen molar-refractivity contribution in [2.75, 3.05) is 6.61 Å². The molecule has 13 nitrogen and oxygen atoms in total. The van der Waals surface area contributed by atoms with E-state index in [1.165, 1.54) is 31.2 Å². The van der Waals surface area contributed by atoms with Crippen LogP contribution in [0, 0.1) is 0 Å². The largest absolute Gasteiger partial charge is 0.508 e. The summed E-state index contributed by atoms with van der Waals surface area (Å²) >= 11 is 0. The molecule has 10 atom stereocenters. The Morgan fingerprint density at radius 2 is 1.81 bits per heavy atom. The molecule has 1 aromatic carbocycles. The van der Waals surface area contributed by atoms with Gasteiger partial charge in [0.1, 0.15) is 24.1 Å². The van der Waals surface area contributed by atoms with Crippen molar-refractivity contribution in [1.29, 1.82) is 0 Å². The van der Waals surface area contributed by atoms with E-state index in [2.05, 4.69) is 0 Å². The van der Waals surface area contributed by atoms with Crippen LogP contribution in [0.4, 0.5) is 0 Å². The zero-order valence-corrected chi connectivity index (χ0v) is 19.3. The summed E-state index contributed by atoms with van der Waals surface area (Å²) in [5.74, 6) is -5.85. The molecule has 4 saturated heterocycles. The highest BCUT2D eigenvalue weighted by Crippen LogP contribution is 2.58. The Balaban J connectivity index is 1.55. The Labute approximate surface area is 204 Å². The van der Waals surface area contributed by atoms with E-state index < -0.39 is 78.1 Å². The molecule has 0 saturated carbocycles. The number of benzene rings is 1. The van der Waals surface area contributed by atoms with Gasteiger partial charge in [-0.05, 0) is 24.6 Å². The predicted octanol–water partition coefficient (Wildman–Crippen LogP) is -1.41. The molecule has 13 heteroatoms. The van der Waals surface area contributed by atoms with E-state index >= 15 is 0 Å². The molecular weight excluding hydrogens is 484 g/mol. The summed E-state index contributed by atoms with van der Waals surface area (Å²) in [5.41, 5.74) is -1.83. The van der Waals surface area contributed by atoms with Crippen LogP contribution in [0.1, 0.15) is 31.7 Å². The standard InChI is InChI=1S/C23H26O13/c1-9-18(33-10(2)24)16(28)17(29)20(32-9)36-23-19(14(26)8-31-23)34-21(30)22(23)13(7-15(27)35-22)11-3-5-12(25)6-4-11/h3-6,9,13-14,16-20,25-26,28-29H,7-8H2,1-2H3. The van der Waals surface area contributed by atoms with E-state index in [-0.39, 0.29) is 18.8 Å². The SMILES string of the molecule is CC(=O)OC1C(C)OC(OC23OCC(O)C2OC(=O)C32OC(=O)CC2c2ccc(O)cc2)C(O)C1O. The fourth-order valence-corrected chi connectivity index (χ4v) is 5.43. The number of hydrogen-bond acceptors (Lipinski definition) is 13. The molecule has 196 valence electrons. The number of aliphatic hydroxyl groups excluding tert-OH is 3. The molecule has 36 heavy (non-hydrogen) atoms. The second-order valence-corrected chi connectivity index (χ2v) is 9.31. The highest BCUT2D eigenvalue weighted by molar-refractivity contribution is 5.92. The number of esters is 3. The smallest absolute Gasteiger partial charge is 0.357 e. The van der Waals surface area contributed by atoms with Crippen LogP contribution in [0.15, 0.2) is 24.3 Å². The monoisotopic (exact) mass is 510 g/mol. The minimum atomic E-state index is -2.27. The lowest BCUT2D eigenvalue weighted by atomic mass is 9.75. The number of carbonyl (C=O) groups is 3. The van der Waals surface area contributed by atoms with E-state index in [0.717, 1.165) is 6.92 Å². The van der Waals surface area contributed by atoms with Gasteiger partial charge in [0.05, 0.1) is 25.0 Å². The van der Waals surface area contributed by atoms with Crippen LogP contribution < -0.4 is 0 Å². The van der Waals surface area contributed by atoms with E-state index in [1.54, 1.807) is 0 Å². The first-order chi connectivity index (χ1) is 17.0. The lowest BCUT2D eigenvalue weighted by molar-refractivity contribution is -0.386. The molecule has 10 unspecified atom stereocenters. The Hall–Kier alpha value is -2.81. The lowest BCUT2D eigenvalue weighted by Gasteiger charge is -2.46. The molecule has 4 aliphatic heterocycles. The van der Waals surface area contributed by atoms with Gasteiger partial charge in [-0.25, -0.2) is 4.79 Å². The summed E-state index contributed by atoms with van der Waals surface area (Å²) in [6, 6.07) is 5.71. The number of phenolic OH excluding ortho intramolecular Hbond substituents is 1. The molecular formula is C23H26O13. The molecule has 5 rings (SSSR count). The van der Waals surface area contributed by atoms with Crippen molar-refractivity contribution in [3.8, 4) is 5.75 Å². The van der Waals surface area contributed by atoms with Crippen LogP contribution in [-0.2, 0) is 42.8 Å². The number of ether oxygens (including phenoxy) is 6. The molecule has 4 N–H and O–H groups in total. The number of aromatic hydroxyl groups is 1. The Morgan fingerprint density at radius 3 is 2.47 bits per heavy atom. The highest BCUT2D eigenvalue weighted by atomic mass is 16.8. The van der Waals surface area contributed by atoms with Crippen LogP contribution >= 0.6 is 0 Å². The Kier molecular flexibility index (Phi) is 5.97. The quantitative estimate of drug-likeness (QED) is 0.273. The molecule has 0 amide bonds. The molecule has 4 fully saturated rings. The van der Waals surface area contributed by atoms with E-state index in [0.29, 0.717) is 5.56 Å². The van der Waals surface area contributed by atoms with E-state index in [1.807, 2.05) is 0 Å². The molecule has 0 radical (unpaired) electrons. The van der Waals surface area contributed by atoms with Gasteiger partial charge in [-0.3, -0.25) is 9.59 Å². The van der Waals surface area contributed by atoms with Crippen molar-refractivity contribution in [3.05, 3.63) is 29.8 Å². The molecule has 0 aromatic heterocycles. The van der Waals surface area contributed by atoms with Crippen LogP contribution in [0.25, 0.3) is 0 Å². The van der Waals surface area contributed by atoms with Gasteiger partial charge in [-0.15, -0.1) is 0 Å². The number of carbonyl (C=O) groups excluding carboxylic acids is 3. The van der Waals surface area contributed by atoms with Crippen LogP contribution in [0.3, 0.4) is 0 Å². The third-order valence-corrected chi connectivity index (χ3v) is 7.05. The molecule has 4 heterocycles. The maximum atomic E-state index is 13.4. The van der Waals surface area contributed by atoms with Gasteiger partial charge in [0, 0.05) is 6.92 Å². The Morgan fingerprint density at radius 1 is 1.11 bits per heavy atom. The number of fused-ring (bicyclic) bond motifs is 2. The van der Waals surface area contributed by atoms with Crippen LogP contribution in [0.2, 0.25) is 0 Å². The van der Waals surface area contributed by atoms with Gasteiger partial charge in [-0.1, -0.05) is 12.1 Å². The zero-order chi connectivity index (χ0) is 26.0. The summed E-state index contributed by atoms with van der Waals surface area (Å²) in [6.45, 7) is 2.24. The van der Waals surface area contributed by atoms with Gasteiger partial charge in [0.25, 0.3) is 11.4 Å². The fraction of sp³-hybridized carbons (Fsp3) is 0.609. The second-order valence-electron chi connectivity index (χ2n) is 9.31. The first-order valence-corrected chi connectivity index (χ1v) is 11.4. The van der Waals surface area contributed by atoms with Gasteiger partial charge in [0.15, 0.2) is 18.5 Å². The third-order valence-electron chi connectivity index (χ3n) is 7.05. The maximum absolute atomic E-state index is 13.4. The van der Waals surface area contributed by atoms with Crippen LogP contribution in [-0.4, -0.2) is 99.2 Å². The average molecular weight is 510 g/mol. The van der Waals surface area contributed by atoms with Crippen molar-refractivity contribution in [2.24, 2.45) is 0 Å². The van der Waals surface area contributed by atoms with Crippen LogP contribution in [0.5, 0.6) is 5.75 Å². The molecule has 1 aromatic rings. The first-order valence-electron chi connectivity index (χ1n) is 11.4. The minimum Gasteiger partial charge on any atom is -0.508 e. The maximum Gasteiger partial charge on any atom is 0.357 e. The molecule has 4 aliphatic rings. The summed E-state index contributed by atoms with van der Waals surface area (Å²) in [4.78, 5) is 37.4. The summed E-state index contributed by atoms with van der Waals surface area (Å²) in [7, 11) is 0. The number of phenols is 1. The predicted molar refractivity (Wildman–Crippen MR) is 112 cm³/mol. The van der Waals surface area contributed by atoms with Crippen molar-refractivity contribution in [2.45, 2.75) is 80.5 Å². The zero-order valence-electron chi connectivity index (χ0n) is 19.3. The van der Waals surface area contributed by atoms with E-state index in [9.17, 15) is 34.8 Å². The van der Waals surface area contributed by atoms with Gasteiger partial charge < -0.3 is 48.8 Å². The molecule has 1 spiro atoms. The lowest BCUT2D eigenvalue weighted by Crippen LogP contribution is -2.67. The molecule has 0 aliphatic carbocycles. The van der Waals surface area contributed by atoms with Crippen molar-refractivity contribution in [1.82, 2.24) is 0 Å². The number of rotatable bonds is 4. The van der Waals surface area contributed by atoms with Gasteiger partial charge in [0.2, 0.25) is 0 Å². The van der Waals surface area contributed by atoms with Gasteiger partial charge >= 0.3 is 17.9 Å². The second kappa shape index (κ2) is 8.64. The number of hydrogen-bond donors (Lipinski definition) is 4.